The van der Waals surface area contributed by atoms with Crippen LogP contribution in [0.3, 0.4) is 0 Å². The van der Waals surface area contributed by atoms with Gasteiger partial charge in [0.05, 0.1) is 0 Å². The first-order valence-corrected chi connectivity index (χ1v) is 9.85. The first-order valence-electron chi connectivity index (χ1n) is 9.03. The molecule has 1 aliphatic rings. The molecule has 1 amide bonds. The third kappa shape index (κ3) is 3.92. The van der Waals surface area contributed by atoms with Crippen LogP contribution in [0, 0.1) is 6.92 Å². The summed E-state index contributed by atoms with van der Waals surface area (Å²) in [5.74, 6) is -0.124. The zero-order valence-corrected chi connectivity index (χ0v) is 15.7. The van der Waals surface area contributed by atoms with Gasteiger partial charge in [-0.1, -0.05) is 29.9 Å². The van der Waals surface area contributed by atoms with Crippen LogP contribution >= 0.6 is 11.3 Å². The van der Waals surface area contributed by atoms with Gasteiger partial charge in [0.25, 0.3) is 5.91 Å². The molecule has 0 aliphatic carbocycles. The van der Waals surface area contributed by atoms with Gasteiger partial charge in [-0.2, -0.15) is 0 Å². The lowest BCUT2D eigenvalue weighted by Gasteiger charge is -2.26. The first-order chi connectivity index (χ1) is 12.7. The Morgan fingerprint density at radius 1 is 1.23 bits per heavy atom. The maximum atomic E-state index is 12.6. The minimum Gasteiger partial charge on any atom is -0.299 e. The molecule has 0 bridgehead atoms. The van der Waals surface area contributed by atoms with Crippen LogP contribution in [0.5, 0.6) is 0 Å². The highest BCUT2D eigenvalue weighted by molar-refractivity contribution is 7.21. The van der Waals surface area contributed by atoms with Gasteiger partial charge in [0.15, 0.2) is 5.13 Å². The second-order valence-corrected chi connectivity index (χ2v) is 7.82. The highest BCUT2D eigenvalue weighted by Gasteiger charge is 2.13. The molecule has 1 aromatic carbocycles. The number of fused-ring (bicyclic) bond motifs is 1. The van der Waals surface area contributed by atoms with Crippen LogP contribution in [0.1, 0.15) is 40.7 Å². The lowest BCUT2D eigenvalue weighted by atomic mass is 10.1. The molecule has 3 heterocycles. The van der Waals surface area contributed by atoms with E-state index in [1.807, 2.05) is 37.4 Å². The Labute approximate surface area is 157 Å². The number of piperidine rings is 1. The fourth-order valence-electron chi connectivity index (χ4n) is 3.33. The summed E-state index contributed by atoms with van der Waals surface area (Å²) in [5.41, 5.74) is 3.74. The first kappa shape index (κ1) is 17.1. The van der Waals surface area contributed by atoms with Crippen molar-refractivity contribution in [2.24, 2.45) is 0 Å². The molecule has 1 fully saturated rings. The van der Waals surface area contributed by atoms with E-state index in [9.17, 15) is 4.79 Å². The quantitative estimate of drug-likeness (QED) is 0.750. The molecule has 4 rings (SSSR count). The van der Waals surface area contributed by atoms with Gasteiger partial charge in [0.2, 0.25) is 0 Å². The predicted molar refractivity (Wildman–Crippen MR) is 106 cm³/mol. The van der Waals surface area contributed by atoms with Crippen molar-refractivity contribution in [1.29, 1.82) is 0 Å². The molecule has 1 saturated heterocycles. The summed E-state index contributed by atoms with van der Waals surface area (Å²) in [6.45, 7) is 5.19. The SMILES string of the molecule is Cc1cnc2sc(NC(=O)c3cccc(CN4CCCCC4)c3)nc2c1. The summed E-state index contributed by atoms with van der Waals surface area (Å²) in [7, 11) is 0. The number of amides is 1. The van der Waals surface area contributed by atoms with Crippen molar-refractivity contribution in [2.45, 2.75) is 32.7 Å². The van der Waals surface area contributed by atoms with E-state index in [4.69, 9.17) is 0 Å². The normalized spacial score (nSPS) is 15.3. The molecular formula is C20H22N4OS. The third-order valence-electron chi connectivity index (χ3n) is 4.65. The molecule has 6 heteroatoms. The molecule has 26 heavy (non-hydrogen) atoms. The number of benzene rings is 1. The smallest absolute Gasteiger partial charge is 0.257 e. The maximum Gasteiger partial charge on any atom is 0.257 e. The van der Waals surface area contributed by atoms with Gasteiger partial charge in [0.1, 0.15) is 10.3 Å². The van der Waals surface area contributed by atoms with Gasteiger partial charge < -0.3 is 0 Å². The minimum absolute atomic E-state index is 0.124. The van der Waals surface area contributed by atoms with E-state index in [0.29, 0.717) is 10.7 Å². The molecule has 0 radical (unpaired) electrons. The average Bonchev–Trinajstić information content (AvgIpc) is 3.04. The van der Waals surface area contributed by atoms with E-state index >= 15 is 0 Å². The van der Waals surface area contributed by atoms with Crippen molar-refractivity contribution in [3.63, 3.8) is 0 Å². The number of thiazole rings is 1. The van der Waals surface area contributed by atoms with E-state index in [1.54, 1.807) is 0 Å². The molecule has 2 aromatic heterocycles. The van der Waals surface area contributed by atoms with Gasteiger partial charge >= 0.3 is 0 Å². The molecule has 1 aliphatic heterocycles. The Balaban J connectivity index is 1.47. The Morgan fingerprint density at radius 2 is 2.08 bits per heavy atom. The van der Waals surface area contributed by atoms with Crippen molar-refractivity contribution in [2.75, 3.05) is 18.4 Å². The van der Waals surface area contributed by atoms with Crippen molar-refractivity contribution < 1.29 is 4.79 Å². The summed E-state index contributed by atoms with van der Waals surface area (Å²) in [5, 5.41) is 3.50. The number of carbonyl (C=O) groups is 1. The lowest BCUT2D eigenvalue weighted by molar-refractivity contribution is 0.102. The van der Waals surface area contributed by atoms with Crippen LogP contribution < -0.4 is 5.32 Å². The number of nitrogens with one attached hydrogen (secondary N) is 1. The molecule has 0 saturated carbocycles. The van der Waals surface area contributed by atoms with E-state index in [0.717, 1.165) is 35.5 Å². The van der Waals surface area contributed by atoms with Gasteiger partial charge in [-0.15, -0.1) is 0 Å². The van der Waals surface area contributed by atoms with Crippen LogP contribution in [0.15, 0.2) is 36.5 Å². The summed E-state index contributed by atoms with van der Waals surface area (Å²) < 4.78 is 0. The highest BCUT2D eigenvalue weighted by Crippen LogP contribution is 2.25. The van der Waals surface area contributed by atoms with Crippen LogP contribution in [0.2, 0.25) is 0 Å². The number of pyridine rings is 1. The zero-order valence-electron chi connectivity index (χ0n) is 14.9. The van der Waals surface area contributed by atoms with E-state index in [-0.39, 0.29) is 5.91 Å². The Morgan fingerprint density at radius 3 is 2.92 bits per heavy atom. The number of aromatic nitrogens is 2. The molecule has 3 aromatic rings. The van der Waals surface area contributed by atoms with E-state index in [2.05, 4.69) is 26.3 Å². The van der Waals surface area contributed by atoms with Gasteiger partial charge in [-0.3, -0.25) is 15.0 Å². The molecule has 0 spiro atoms. The van der Waals surface area contributed by atoms with Gasteiger partial charge in [0, 0.05) is 18.3 Å². The number of hydrogen-bond donors (Lipinski definition) is 1. The monoisotopic (exact) mass is 366 g/mol. The molecular weight excluding hydrogens is 344 g/mol. The lowest BCUT2D eigenvalue weighted by Crippen LogP contribution is -2.29. The van der Waals surface area contributed by atoms with Gasteiger partial charge in [-0.25, -0.2) is 9.97 Å². The largest absolute Gasteiger partial charge is 0.299 e. The Bertz CT molecular complexity index is 930. The zero-order chi connectivity index (χ0) is 17.9. The molecule has 0 unspecified atom stereocenters. The molecule has 134 valence electrons. The van der Waals surface area contributed by atoms with Crippen molar-refractivity contribution >= 4 is 32.7 Å². The number of carbonyl (C=O) groups excluding carboxylic acids is 1. The van der Waals surface area contributed by atoms with Crippen LogP contribution in [-0.4, -0.2) is 33.9 Å². The highest BCUT2D eigenvalue weighted by atomic mass is 32.1. The second kappa shape index (κ2) is 7.51. The van der Waals surface area contributed by atoms with Gasteiger partial charge in [-0.05, 0) is 62.2 Å². The second-order valence-electron chi connectivity index (χ2n) is 6.85. The van der Waals surface area contributed by atoms with Crippen molar-refractivity contribution in [3.8, 4) is 0 Å². The number of aryl methyl sites for hydroxylation is 1. The number of rotatable bonds is 4. The Hall–Kier alpha value is -2.31. The summed E-state index contributed by atoms with van der Waals surface area (Å²) in [4.78, 5) is 24.8. The van der Waals surface area contributed by atoms with Crippen molar-refractivity contribution in [3.05, 3.63) is 53.2 Å². The third-order valence-corrected chi connectivity index (χ3v) is 5.54. The summed E-state index contributed by atoms with van der Waals surface area (Å²) in [6, 6.07) is 9.87. The fourth-order valence-corrected chi connectivity index (χ4v) is 4.12. The number of nitrogens with zero attached hydrogens (tertiary/aromatic N) is 3. The number of likely N-dealkylation sites (tertiary alicyclic amines) is 1. The fraction of sp³-hybridized carbons (Fsp3) is 0.350. The predicted octanol–water partition coefficient (Wildman–Crippen LogP) is 4.24. The molecule has 5 nitrogen and oxygen atoms in total. The molecule has 0 atom stereocenters. The van der Waals surface area contributed by atoms with E-state index in [1.165, 1.54) is 36.2 Å². The van der Waals surface area contributed by atoms with E-state index < -0.39 is 0 Å². The van der Waals surface area contributed by atoms with Crippen LogP contribution in [0.4, 0.5) is 5.13 Å². The summed E-state index contributed by atoms with van der Waals surface area (Å²) >= 11 is 1.40. The minimum atomic E-state index is -0.124. The van der Waals surface area contributed by atoms with Crippen molar-refractivity contribution in [1.82, 2.24) is 14.9 Å². The Kier molecular flexibility index (Phi) is 4.95. The van der Waals surface area contributed by atoms with Crippen LogP contribution in [0.25, 0.3) is 10.3 Å². The maximum absolute atomic E-state index is 12.6. The molecule has 1 N–H and O–H groups in total. The van der Waals surface area contributed by atoms with Crippen LogP contribution in [-0.2, 0) is 6.54 Å². The number of hydrogen-bond acceptors (Lipinski definition) is 5. The number of anilines is 1. The summed E-state index contributed by atoms with van der Waals surface area (Å²) in [6.07, 6.45) is 5.68. The topological polar surface area (TPSA) is 58.1 Å². The average molecular weight is 366 g/mol. The standard InChI is InChI=1S/C20H22N4OS/c1-14-10-17-19(21-12-14)26-20(22-17)23-18(25)16-7-5-6-15(11-16)13-24-8-3-2-4-9-24/h5-7,10-12H,2-4,8-9,13H2,1H3,(H,22,23,25).